The Labute approximate surface area is 295 Å². The number of allylic oxidation sites excluding steroid dienone is 4. The minimum absolute atomic E-state index is 0.272. The summed E-state index contributed by atoms with van der Waals surface area (Å²) in [5.41, 5.74) is 10.7. The molecule has 242 valence electrons. The predicted molar refractivity (Wildman–Crippen MR) is 212 cm³/mol. The molecule has 0 fully saturated rings. The van der Waals surface area contributed by atoms with Crippen molar-refractivity contribution < 1.29 is 4.42 Å². The van der Waals surface area contributed by atoms with Crippen LogP contribution in [0.5, 0.6) is 0 Å². The first-order valence-corrected chi connectivity index (χ1v) is 17.5. The molecule has 7 aromatic carbocycles. The zero-order valence-corrected chi connectivity index (χ0v) is 27.9. The molecule has 0 spiro atoms. The topological polar surface area (TPSA) is 34.2 Å². The molecule has 1 aliphatic carbocycles. The second-order valence-corrected chi connectivity index (χ2v) is 13.1. The first-order chi connectivity index (χ1) is 25.3. The van der Waals surface area contributed by atoms with Crippen molar-refractivity contribution in [2.45, 2.75) is 12.5 Å². The third-order valence-electron chi connectivity index (χ3n) is 10.1. The first-order valence-electron chi connectivity index (χ1n) is 17.5. The lowest BCUT2D eigenvalue weighted by Gasteiger charge is -2.27. The van der Waals surface area contributed by atoms with E-state index in [1.807, 2.05) is 30.3 Å². The van der Waals surface area contributed by atoms with Gasteiger partial charge in [-0.15, -0.1) is 0 Å². The van der Waals surface area contributed by atoms with Crippen molar-refractivity contribution in [2.75, 3.05) is 4.90 Å². The summed E-state index contributed by atoms with van der Waals surface area (Å²) in [7, 11) is 0. The van der Waals surface area contributed by atoms with Crippen LogP contribution in [0, 0.1) is 0 Å². The molecule has 1 unspecified atom stereocenters. The van der Waals surface area contributed by atoms with Crippen molar-refractivity contribution in [1.82, 2.24) is 9.55 Å². The van der Waals surface area contributed by atoms with Crippen LogP contribution in [0.1, 0.15) is 12.5 Å². The molecule has 0 amide bonds. The summed E-state index contributed by atoms with van der Waals surface area (Å²) in [4.78, 5) is 7.41. The Morgan fingerprint density at radius 3 is 2.06 bits per heavy atom. The van der Waals surface area contributed by atoms with E-state index < -0.39 is 0 Å². The van der Waals surface area contributed by atoms with Crippen LogP contribution in [0.4, 0.5) is 17.1 Å². The summed E-state index contributed by atoms with van der Waals surface area (Å²) in [6, 6.07) is 56.3. The Morgan fingerprint density at radius 2 is 1.25 bits per heavy atom. The van der Waals surface area contributed by atoms with Crippen LogP contribution in [0.3, 0.4) is 0 Å². The third kappa shape index (κ3) is 4.95. The van der Waals surface area contributed by atoms with Crippen LogP contribution in [-0.4, -0.2) is 9.55 Å². The summed E-state index contributed by atoms with van der Waals surface area (Å²) < 4.78 is 8.79. The SMILES string of the molecule is C1=CCC(n2c3ccccc3c3cc(N(c4ccc(-c5ccccc5)cc4)c4cccc5c4ccc4oc(-c6ccccc6)nc45)ccc32)C=C1. The van der Waals surface area contributed by atoms with Crippen molar-refractivity contribution in [2.24, 2.45) is 0 Å². The lowest BCUT2D eigenvalue weighted by atomic mass is 10.0. The monoisotopic (exact) mass is 655 g/mol. The van der Waals surface area contributed by atoms with Crippen LogP contribution < -0.4 is 4.90 Å². The highest BCUT2D eigenvalue weighted by atomic mass is 16.3. The Morgan fingerprint density at radius 1 is 0.549 bits per heavy atom. The molecule has 0 saturated carbocycles. The van der Waals surface area contributed by atoms with Gasteiger partial charge in [-0.3, -0.25) is 0 Å². The number of para-hydroxylation sites is 1. The van der Waals surface area contributed by atoms with E-state index in [4.69, 9.17) is 9.40 Å². The number of fused-ring (bicyclic) bond motifs is 6. The highest BCUT2D eigenvalue weighted by molar-refractivity contribution is 6.12. The minimum atomic E-state index is 0.272. The van der Waals surface area contributed by atoms with Gasteiger partial charge in [-0.25, -0.2) is 4.98 Å². The number of oxazole rings is 1. The zero-order chi connectivity index (χ0) is 33.7. The number of benzene rings is 7. The summed E-state index contributed by atoms with van der Waals surface area (Å²) in [5.74, 6) is 0.627. The van der Waals surface area contributed by atoms with Gasteiger partial charge >= 0.3 is 0 Å². The average Bonchev–Trinajstić information content (AvgIpc) is 3.79. The van der Waals surface area contributed by atoms with E-state index in [-0.39, 0.29) is 6.04 Å². The highest BCUT2D eigenvalue weighted by Crippen LogP contribution is 2.44. The summed E-state index contributed by atoms with van der Waals surface area (Å²) in [5, 5.41) is 4.65. The van der Waals surface area contributed by atoms with Gasteiger partial charge < -0.3 is 13.9 Å². The van der Waals surface area contributed by atoms with Gasteiger partial charge in [0.25, 0.3) is 0 Å². The molecule has 2 aromatic heterocycles. The Bertz CT molecular complexity index is 2770. The maximum Gasteiger partial charge on any atom is 0.227 e. The molecule has 1 atom stereocenters. The van der Waals surface area contributed by atoms with E-state index in [1.165, 1.54) is 32.9 Å². The standard InChI is InChI=1S/C47H33N3O/c1-4-13-32(14-5-1)33-23-25-36(26-24-33)49(37-27-29-44-41(31-37)38-19-10-11-21-43(38)50(44)35-17-8-3-9-18-35)42-22-12-20-40-39(42)28-30-45-46(40)48-47(51-45)34-15-6-2-7-16-34/h1-17,19-31,35H,18H2. The van der Waals surface area contributed by atoms with Crippen LogP contribution in [0.25, 0.3) is 66.3 Å². The van der Waals surface area contributed by atoms with Gasteiger partial charge in [-0.05, 0) is 84.3 Å². The third-order valence-corrected chi connectivity index (χ3v) is 10.1. The number of anilines is 3. The fraction of sp³-hybridized carbons (Fsp3) is 0.0426. The van der Waals surface area contributed by atoms with Gasteiger partial charge in [0.05, 0.1) is 11.7 Å². The van der Waals surface area contributed by atoms with Crippen molar-refractivity contribution in [3.8, 4) is 22.6 Å². The van der Waals surface area contributed by atoms with E-state index in [2.05, 4.69) is 161 Å². The molecule has 0 saturated heterocycles. The van der Waals surface area contributed by atoms with Gasteiger partial charge in [-0.2, -0.15) is 0 Å². The summed E-state index contributed by atoms with van der Waals surface area (Å²) >= 11 is 0. The van der Waals surface area contributed by atoms with E-state index in [0.29, 0.717) is 5.89 Å². The molecule has 0 N–H and O–H groups in total. The van der Waals surface area contributed by atoms with E-state index in [0.717, 1.165) is 50.9 Å². The molecule has 0 bridgehead atoms. The number of nitrogens with zero attached hydrogens (tertiary/aromatic N) is 3. The number of hydrogen-bond acceptors (Lipinski definition) is 3. The number of aromatic nitrogens is 2. The van der Waals surface area contributed by atoms with Gasteiger partial charge in [0.2, 0.25) is 5.89 Å². The van der Waals surface area contributed by atoms with Gasteiger partial charge in [0, 0.05) is 49.5 Å². The Kier molecular flexibility index (Phi) is 6.91. The normalized spacial score (nSPS) is 14.2. The number of rotatable bonds is 6. The van der Waals surface area contributed by atoms with Crippen molar-refractivity contribution in [3.05, 3.63) is 182 Å². The van der Waals surface area contributed by atoms with Crippen molar-refractivity contribution >= 4 is 60.7 Å². The maximum atomic E-state index is 6.29. The molecule has 9 aromatic rings. The van der Waals surface area contributed by atoms with E-state index >= 15 is 0 Å². The van der Waals surface area contributed by atoms with Crippen LogP contribution in [0.2, 0.25) is 0 Å². The average molecular weight is 656 g/mol. The molecule has 2 heterocycles. The molecular formula is C47H33N3O. The molecular weight excluding hydrogens is 623 g/mol. The van der Waals surface area contributed by atoms with Crippen molar-refractivity contribution in [3.63, 3.8) is 0 Å². The molecule has 0 radical (unpaired) electrons. The summed E-state index contributed by atoms with van der Waals surface area (Å²) in [6.07, 6.45) is 9.85. The molecule has 4 nitrogen and oxygen atoms in total. The zero-order valence-electron chi connectivity index (χ0n) is 27.9. The molecule has 51 heavy (non-hydrogen) atoms. The minimum Gasteiger partial charge on any atom is -0.436 e. The van der Waals surface area contributed by atoms with E-state index in [9.17, 15) is 0 Å². The predicted octanol–water partition coefficient (Wildman–Crippen LogP) is 12.9. The second kappa shape index (κ2) is 12.0. The molecule has 0 aliphatic heterocycles. The lowest BCUT2D eigenvalue weighted by molar-refractivity contribution is 0.620. The maximum absolute atomic E-state index is 6.29. The van der Waals surface area contributed by atoms with Gasteiger partial charge in [0.15, 0.2) is 5.58 Å². The quantitative estimate of drug-likeness (QED) is 0.179. The Balaban J connectivity index is 1.18. The van der Waals surface area contributed by atoms with Crippen LogP contribution >= 0.6 is 0 Å². The fourth-order valence-electron chi connectivity index (χ4n) is 7.74. The lowest BCUT2D eigenvalue weighted by Crippen LogP contribution is -2.11. The molecule has 4 heteroatoms. The summed E-state index contributed by atoms with van der Waals surface area (Å²) in [6.45, 7) is 0. The Hall–Kier alpha value is -6.65. The smallest absolute Gasteiger partial charge is 0.227 e. The van der Waals surface area contributed by atoms with E-state index in [1.54, 1.807) is 0 Å². The van der Waals surface area contributed by atoms with Crippen LogP contribution in [-0.2, 0) is 0 Å². The largest absolute Gasteiger partial charge is 0.436 e. The second-order valence-electron chi connectivity index (χ2n) is 13.1. The number of hydrogen-bond donors (Lipinski definition) is 0. The van der Waals surface area contributed by atoms with Crippen molar-refractivity contribution in [1.29, 1.82) is 0 Å². The van der Waals surface area contributed by atoms with Gasteiger partial charge in [0.1, 0.15) is 5.52 Å². The van der Waals surface area contributed by atoms with Gasteiger partial charge in [-0.1, -0.05) is 115 Å². The van der Waals surface area contributed by atoms with Crippen LogP contribution in [0.15, 0.2) is 186 Å². The fourth-order valence-corrected chi connectivity index (χ4v) is 7.74. The molecule has 1 aliphatic rings. The highest BCUT2D eigenvalue weighted by Gasteiger charge is 2.22. The molecule has 10 rings (SSSR count). The first kappa shape index (κ1) is 29.3.